The minimum atomic E-state index is -0.670. The van der Waals surface area contributed by atoms with E-state index in [9.17, 15) is 9.59 Å². The summed E-state index contributed by atoms with van der Waals surface area (Å²) >= 11 is 5.53. The third-order valence-electron chi connectivity index (χ3n) is 2.41. The number of nitrogens with zero attached hydrogens (tertiary/aromatic N) is 1. The lowest BCUT2D eigenvalue weighted by Gasteiger charge is -2.21. The smallest absolute Gasteiger partial charge is 0.322 e. The number of amides is 3. The molecule has 0 bridgehead atoms. The number of nitrogens with one attached hydrogen (secondary N) is 1. The Labute approximate surface area is 88.6 Å². The second-order valence-electron chi connectivity index (χ2n) is 3.60. The van der Waals surface area contributed by atoms with Crippen LogP contribution < -0.4 is 5.32 Å². The molecule has 1 aliphatic rings. The third kappa shape index (κ3) is 2.61. The van der Waals surface area contributed by atoms with E-state index in [1.165, 1.54) is 6.92 Å². The van der Waals surface area contributed by atoms with Gasteiger partial charge in [0.05, 0.1) is 0 Å². The highest BCUT2D eigenvalue weighted by atomic mass is 35.5. The van der Waals surface area contributed by atoms with Crippen molar-refractivity contribution in [3.8, 4) is 0 Å². The first kappa shape index (κ1) is 11.3. The molecule has 2 unspecified atom stereocenters. The SMILES string of the molecule is CC(Cl)C(=O)NC(=O)N1CCCC1C. The van der Waals surface area contributed by atoms with Crippen molar-refractivity contribution in [2.75, 3.05) is 6.54 Å². The van der Waals surface area contributed by atoms with Crippen molar-refractivity contribution < 1.29 is 9.59 Å². The van der Waals surface area contributed by atoms with Crippen molar-refractivity contribution in [2.24, 2.45) is 0 Å². The molecule has 1 fully saturated rings. The van der Waals surface area contributed by atoms with Crippen LogP contribution in [0.15, 0.2) is 0 Å². The van der Waals surface area contributed by atoms with Gasteiger partial charge in [-0.3, -0.25) is 10.1 Å². The van der Waals surface area contributed by atoms with Gasteiger partial charge >= 0.3 is 6.03 Å². The molecular weight excluding hydrogens is 204 g/mol. The summed E-state index contributed by atoms with van der Waals surface area (Å²) in [7, 11) is 0. The van der Waals surface area contributed by atoms with Crippen molar-refractivity contribution in [3.05, 3.63) is 0 Å². The van der Waals surface area contributed by atoms with Gasteiger partial charge in [-0.2, -0.15) is 0 Å². The first-order valence-corrected chi connectivity index (χ1v) is 5.21. The van der Waals surface area contributed by atoms with Gasteiger partial charge in [-0.15, -0.1) is 11.6 Å². The summed E-state index contributed by atoms with van der Waals surface area (Å²) in [6.07, 6.45) is 2.00. The van der Waals surface area contributed by atoms with E-state index in [-0.39, 0.29) is 12.1 Å². The Morgan fingerprint density at radius 1 is 1.57 bits per heavy atom. The third-order valence-corrected chi connectivity index (χ3v) is 2.60. The molecule has 14 heavy (non-hydrogen) atoms. The monoisotopic (exact) mass is 218 g/mol. The van der Waals surface area contributed by atoms with E-state index in [0.29, 0.717) is 0 Å². The number of alkyl halides is 1. The van der Waals surface area contributed by atoms with Gasteiger partial charge in [0.25, 0.3) is 0 Å². The highest BCUT2D eigenvalue weighted by Gasteiger charge is 2.26. The average Bonchev–Trinajstić information content (AvgIpc) is 2.51. The van der Waals surface area contributed by atoms with Gasteiger partial charge in [0.1, 0.15) is 5.38 Å². The molecule has 2 atom stereocenters. The van der Waals surface area contributed by atoms with Gasteiger partial charge < -0.3 is 4.90 Å². The molecule has 1 N–H and O–H groups in total. The predicted octanol–water partition coefficient (Wildman–Crippen LogP) is 1.33. The van der Waals surface area contributed by atoms with Crippen molar-refractivity contribution in [1.82, 2.24) is 10.2 Å². The van der Waals surface area contributed by atoms with Crippen molar-refractivity contribution in [2.45, 2.75) is 38.1 Å². The van der Waals surface area contributed by atoms with Gasteiger partial charge in [-0.1, -0.05) is 0 Å². The van der Waals surface area contributed by atoms with E-state index >= 15 is 0 Å². The van der Waals surface area contributed by atoms with E-state index in [0.717, 1.165) is 19.4 Å². The largest absolute Gasteiger partial charge is 0.324 e. The number of carbonyl (C=O) groups is 2. The molecule has 0 aromatic carbocycles. The molecule has 5 heteroatoms. The maximum atomic E-state index is 11.5. The van der Waals surface area contributed by atoms with Gasteiger partial charge in [0.2, 0.25) is 5.91 Å². The Morgan fingerprint density at radius 2 is 2.21 bits per heavy atom. The van der Waals surface area contributed by atoms with Crippen molar-refractivity contribution in [1.29, 1.82) is 0 Å². The van der Waals surface area contributed by atoms with Gasteiger partial charge in [0.15, 0.2) is 0 Å². The first-order chi connectivity index (χ1) is 6.52. The fourth-order valence-electron chi connectivity index (χ4n) is 1.51. The molecule has 1 rings (SSSR count). The van der Waals surface area contributed by atoms with E-state index in [4.69, 9.17) is 11.6 Å². The van der Waals surface area contributed by atoms with Crippen LogP contribution in [0, 0.1) is 0 Å². The standard InChI is InChI=1S/C9H15ClN2O2/c1-6-4-3-5-12(6)9(14)11-8(13)7(2)10/h6-7H,3-5H2,1-2H3,(H,11,13,14). The normalized spacial score (nSPS) is 23.4. The zero-order chi connectivity index (χ0) is 10.7. The molecule has 0 spiro atoms. The van der Waals surface area contributed by atoms with E-state index in [2.05, 4.69) is 5.32 Å². The molecule has 0 saturated carbocycles. The highest BCUT2D eigenvalue weighted by molar-refractivity contribution is 6.31. The maximum absolute atomic E-state index is 11.5. The Kier molecular flexibility index (Phi) is 3.75. The number of carbonyl (C=O) groups excluding carboxylic acids is 2. The first-order valence-electron chi connectivity index (χ1n) is 4.78. The topological polar surface area (TPSA) is 49.4 Å². The molecule has 0 aliphatic carbocycles. The number of rotatable bonds is 1. The van der Waals surface area contributed by atoms with Gasteiger partial charge in [-0.05, 0) is 26.7 Å². The molecular formula is C9H15ClN2O2. The zero-order valence-corrected chi connectivity index (χ0v) is 9.17. The summed E-state index contributed by atoms with van der Waals surface area (Å²) in [5.74, 6) is -0.434. The minimum Gasteiger partial charge on any atom is -0.322 e. The average molecular weight is 219 g/mol. The summed E-state index contributed by atoms with van der Waals surface area (Å²) in [4.78, 5) is 24.3. The molecule has 1 saturated heterocycles. The zero-order valence-electron chi connectivity index (χ0n) is 8.42. The van der Waals surface area contributed by atoms with E-state index in [1.54, 1.807) is 4.90 Å². The van der Waals surface area contributed by atoms with Crippen LogP contribution in [0.25, 0.3) is 0 Å². The van der Waals surface area contributed by atoms with Crippen LogP contribution >= 0.6 is 11.6 Å². The van der Waals surface area contributed by atoms with E-state index in [1.807, 2.05) is 6.92 Å². The van der Waals surface area contributed by atoms with Crippen LogP contribution in [0.5, 0.6) is 0 Å². The Balaban J connectivity index is 2.45. The van der Waals surface area contributed by atoms with Crippen LogP contribution in [-0.4, -0.2) is 34.8 Å². The van der Waals surface area contributed by atoms with Crippen molar-refractivity contribution in [3.63, 3.8) is 0 Å². The molecule has 0 aromatic heterocycles. The summed E-state index contributed by atoms with van der Waals surface area (Å²) in [5, 5.41) is 1.60. The Morgan fingerprint density at radius 3 is 2.64 bits per heavy atom. The molecule has 3 amide bonds. The quantitative estimate of drug-likeness (QED) is 0.676. The lowest BCUT2D eigenvalue weighted by atomic mass is 10.2. The molecule has 4 nitrogen and oxygen atoms in total. The summed E-state index contributed by atoms with van der Waals surface area (Å²) in [6, 6.07) is -0.110. The van der Waals surface area contributed by atoms with Gasteiger partial charge in [-0.25, -0.2) is 4.79 Å². The molecule has 0 radical (unpaired) electrons. The van der Waals surface area contributed by atoms with Crippen LogP contribution in [0.4, 0.5) is 4.79 Å². The van der Waals surface area contributed by atoms with Crippen molar-refractivity contribution >= 4 is 23.5 Å². The van der Waals surface area contributed by atoms with Gasteiger partial charge in [0, 0.05) is 12.6 Å². The number of imide groups is 1. The number of halogens is 1. The fourth-order valence-corrected chi connectivity index (χ4v) is 1.57. The predicted molar refractivity (Wildman–Crippen MR) is 54.3 cm³/mol. The molecule has 0 aromatic rings. The summed E-state index contributed by atoms with van der Waals surface area (Å²) < 4.78 is 0. The lowest BCUT2D eigenvalue weighted by molar-refractivity contribution is -0.119. The van der Waals surface area contributed by atoms with Crippen LogP contribution in [0.1, 0.15) is 26.7 Å². The Bertz CT molecular complexity index is 243. The minimum absolute atomic E-state index is 0.216. The van der Waals surface area contributed by atoms with Crippen LogP contribution in [-0.2, 0) is 4.79 Å². The van der Waals surface area contributed by atoms with Crippen LogP contribution in [0.2, 0.25) is 0 Å². The molecule has 80 valence electrons. The molecule has 1 heterocycles. The number of hydrogen-bond donors (Lipinski definition) is 1. The lowest BCUT2D eigenvalue weighted by Crippen LogP contribution is -2.46. The number of urea groups is 1. The fraction of sp³-hybridized carbons (Fsp3) is 0.778. The summed E-state index contributed by atoms with van der Waals surface area (Å²) in [5.41, 5.74) is 0. The summed E-state index contributed by atoms with van der Waals surface area (Å²) in [6.45, 7) is 4.23. The maximum Gasteiger partial charge on any atom is 0.324 e. The Hall–Kier alpha value is -0.770. The number of likely N-dealkylation sites (tertiary alicyclic amines) is 1. The van der Waals surface area contributed by atoms with E-state index < -0.39 is 11.3 Å². The molecule has 1 aliphatic heterocycles. The second kappa shape index (κ2) is 4.64. The second-order valence-corrected chi connectivity index (χ2v) is 4.25. The number of hydrogen-bond acceptors (Lipinski definition) is 2. The van der Waals surface area contributed by atoms with Crippen LogP contribution in [0.3, 0.4) is 0 Å². The highest BCUT2D eigenvalue weighted by Crippen LogP contribution is 2.15.